The van der Waals surface area contributed by atoms with Crippen LogP contribution in [0.3, 0.4) is 0 Å². The summed E-state index contributed by atoms with van der Waals surface area (Å²) in [6, 6.07) is 5.76. The van der Waals surface area contributed by atoms with E-state index in [1.54, 1.807) is 25.1 Å². The smallest absolute Gasteiger partial charge is 0.411 e. The maximum absolute atomic E-state index is 14.9. The number of allylic oxidation sites excluding steroid dienone is 3. The Labute approximate surface area is 158 Å². The molecule has 5 nitrogen and oxygen atoms in total. The predicted octanol–water partition coefficient (Wildman–Crippen LogP) is 3.56. The van der Waals surface area contributed by atoms with Crippen molar-refractivity contribution in [2.24, 2.45) is 5.73 Å². The fourth-order valence-electron chi connectivity index (χ4n) is 2.17. The first-order valence-corrected chi connectivity index (χ1v) is 8.21. The standard InChI is InChI=1S/C20H23F2N3O2/c1-5-12-25(13-15-8-10-16(21)11-9-15)17(6-2)18(22)19(23)14(4)24-20(26)27-7-3/h2,5,8-11H,1,7,12-13,23H2,3-4H3,(H,24,26)/b18-17-,19-14-. The highest BCUT2D eigenvalue weighted by Gasteiger charge is 2.17. The van der Waals surface area contributed by atoms with Crippen molar-refractivity contribution in [3.05, 3.63) is 71.2 Å². The summed E-state index contributed by atoms with van der Waals surface area (Å²) in [6.07, 6.45) is 6.30. The third kappa shape index (κ3) is 6.51. The van der Waals surface area contributed by atoms with Crippen molar-refractivity contribution in [1.29, 1.82) is 0 Å². The topological polar surface area (TPSA) is 67.6 Å². The molecule has 0 aliphatic heterocycles. The van der Waals surface area contributed by atoms with Gasteiger partial charge in [0, 0.05) is 18.8 Å². The molecule has 3 N–H and O–H groups in total. The molecule has 0 aliphatic carbocycles. The van der Waals surface area contributed by atoms with E-state index in [-0.39, 0.29) is 42.6 Å². The molecule has 0 spiro atoms. The van der Waals surface area contributed by atoms with Gasteiger partial charge in [-0.15, -0.1) is 13.0 Å². The van der Waals surface area contributed by atoms with Gasteiger partial charge in [-0.2, -0.15) is 0 Å². The number of carbonyl (C=O) groups is 1. The fourth-order valence-corrected chi connectivity index (χ4v) is 2.17. The number of amides is 1. The number of halogens is 2. The molecule has 27 heavy (non-hydrogen) atoms. The number of hydrogen-bond acceptors (Lipinski definition) is 4. The lowest BCUT2D eigenvalue weighted by Crippen LogP contribution is -2.27. The van der Waals surface area contributed by atoms with Crippen LogP contribution in [0, 0.1) is 18.2 Å². The lowest BCUT2D eigenvalue weighted by Gasteiger charge is -2.24. The second-order valence-electron chi connectivity index (χ2n) is 5.49. The number of nitrogens with one attached hydrogen (secondary N) is 1. The Balaban J connectivity index is 3.19. The number of nitrogens with two attached hydrogens (primary N) is 1. The Hall–Kier alpha value is -3.27. The van der Waals surface area contributed by atoms with Crippen LogP contribution in [0.1, 0.15) is 19.4 Å². The van der Waals surface area contributed by atoms with Crippen LogP contribution in [0.5, 0.6) is 0 Å². The molecule has 0 aliphatic rings. The summed E-state index contributed by atoms with van der Waals surface area (Å²) < 4.78 is 32.7. The minimum atomic E-state index is -0.865. The summed E-state index contributed by atoms with van der Waals surface area (Å²) in [6.45, 7) is 7.33. The van der Waals surface area contributed by atoms with E-state index in [0.29, 0.717) is 0 Å². The normalized spacial score (nSPS) is 12.3. The molecule has 1 aromatic carbocycles. The van der Waals surface area contributed by atoms with Crippen molar-refractivity contribution in [2.75, 3.05) is 13.2 Å². The van der Waals surface area contributed by atoms with Crippen molar-refractivity contribution >= 4 is 6.09 Å². The Bertz CT molecular complexity index is 777. The molecule has 1 amide bonds. The van der Waals surface area contributed by atoms with Crippen LogP contribution in [0.4, 0.5) is 13.6 Å². The van der Waals surface area contributed by atoms with Crippen LogP contribution in [0.25, 0.3) is 0 Å². The van der Waals surface area contributed by atoms with Crippen molar-refractivity contribution in [3.8, 4) is 12.3 Å². The number of alkyl carbamates (subject to hydrolysis) is 1. The molecule has 0 unspecified atom stereocenters. The molecule has 1 rings (SSSR count). The first kappa shape index (κ1) is 21.8. The molecular weight excluding hydrogens is 352 g/mol. The zero-order chi connectivity index (χ0) is 20.4. The van der Waals surface area contributed by atoms with E-state index in [1.807, 2.05) is 0 Å². The summed E-state index contributed by atoms with van der Waals surface area (Å²) in [4.78, 5) is 13.0. The van der Waals surface area contributed by atoms with Crippen molar-refractivity contribution in [2.45, 2.75) is 20.4 Å². The fraction of sp³-hybridized carbons (Fsp3) is 0.250. The lowest BCUT2D eigenvalue weighted by atomic mass is 10.1. The maximum Gasteiger partial charge on any atom is 0.411 e. The summed E-state index contributed by atoms with van der Waals surface area (Å²) in [5, 5.41) is 2.34. The van der Waals surface area contributed by atoms with E-state index in [9.17, 15) is 13.6 Å². The largest absolute Gasteiger partial charge is 0.450 e. The van der Waals surface area contributed by atoms with Gasteiger partial charge in [-0.3, -0.25) is 5.32 Å². The highest BCUT2D eigenvalue weighted by molar-refractivity contribution is 5.69. The molecule has 0 aromatic heterocycles. The molecule has 0 heterocycles. The minimum Gasteiger partial charge on any atom is -0.450 e. The van der Waals surface area contributed by atoms with Gasteiger partial charge in [0.15, 0.2) is 5.83 Å². The number of benzene rings is 1. The summed E-state index contributed by atoms with van der Waals surface area (Å²) in [5.74, 6) is 1.04. The number of rotatable bonds is 8. The molecule has 0 atom stereocenters. The quantitative estimate of drug-likeness (QED) is 0.414. The van der Waals surface area contributed by atoms with Crippen LogP contribution < -0.4 is 11.1 Å². The molecule has 0 fully saturated rings. The highest BCUT2D eigenvalue weighted by atomic mass is 19.1. The molecule has 0 saturated carbocycles. The molecule has 0 radical (unpaired) electrons. The number of terminal acetylenes is 1. The third-order valence-corrected chi connectivity index (χ3v) is 3.50. The number of nitrogens with zero attached hydrogens (tertiary/aromatic N) is 1. The van der Waals surface area contributed by atoms with E-state index in [4.69, 9.17) is 16.9 Å². The SMILES string of the molecule is C#C/C(=C(F)\C(N)=C(/C)NC(=O)OCC)N(CC=C)Cc1ccc(F)cc1. The Kier molecular flexibility index (Phi) is 8.60. The lowest BCUT2D eigenvalue weighted by molar-refractivity contribution is 0.155. The Morgan fingerprint density at radius 3 is 2.59 bits per heavy atom. The molecular formula is C20H23F2N3O2. The summed E-state index contributed by atoms with van der Waals surface area (Å²) in [5.41, 5.74) is 6.18. The van der Waals surface area contributed by atoms with Gasteiger partial charge in [0.25, 0.3) is 0 Å². The van der Waals surface area contributed by atoms with E-state index >= 15 is 0 Å². The highest BCUT2D eigenvalue weighted by Crippen LogP contribution is 2.20. The van der Waals surface area contributed by atoms with Crippen LogP contribution in [-0.2, 0) is 11.3 Å². The number of ether oxygens (including phenoxy) is 1. The van der Waals surface area contributed by atoms with Gasteiger partial charge in [0.2, 0.25) is 0 Å². The van der Waals surface area contributed by atoms with Gasteiger partial charge in [0.1, 0.15) is 11.5 Å². The molecule has 144 valence electrons. The molecule has 0 bridgehead atoms. The summed E-state index contributed by atoms with van der Waals surface area (Å²) in [7, 11) is 0. The summed E-state index contributed by atoms with van der Waals surface area (Å²) >= 11 is 0. The van der Waals surface area contributed by atoms with E-state index in [0.717, 1.165) is 5.56 Å². The van der Waals surface area contributed by atoms with Crippen LogP contribution in [0.2, 0.25) is 0 Å². The van der Waals surface area contributed by atoms with Gasteiger partial charge in [-0.25, -0.2) is 13.6 Å². The van der Waals surface area contributed by atoms with Gasteiger partial charge in [0.05, 0.1) is 12.3 Å². The van der Waals surface area contributed by atoms with Crippen molar-refractivity contribution in [3.63, 3.8) is 0 Å². The second kappa shape index (κ2) is 10.7. The van der Waals surface area contributed by atoms with E-state index < -0.39 is 11.9 Å². The maximum atomic E-state index is 14.9. The monoisotopic (exact) mass is 375 g/mol. The Morgan fingerprint density at radius 1 is 1.44 bits per heavy atom. The molecule has 1 aromatic rings. The first-order chi connectivity index (χ1) is 12.8. The average molecular weight is 375 g/mol. The first-order valence-electron chi connectivity index (χ1n) is 8.21. The van der Waals surface area contributed by atoms with Gasteiger partial charge in [-0.05, 0) is 37.5 Å². The molecule has 0 saturated heterocycles. The van der Waals surface area contributed by atoms with Crippen LogP contribution >= 0.6 is 0 Å². The van der Waals surface area contributed by atoms with Gasteiger partial charge < -0.3 is 15.4 Å². The van der Waals surface area contributed by atoms with Crippen molar-refractivity contribution < 1.29 is 18.3 Å². The minimum absolute atomic E-state index is 0.0686. The average Bonchev–Trinajstić information content (AvgIpc) is 2.63. The second-order valence-corrected chi connectivity index (χ2v) is 5.49. The molecule has 7 heteroatoms. The predicted molar refractivity (Wildman–Crippen MR) is 101 cm³/mol. The zero-order valence-electron chi connectivity index (χ0n) is 15.4. The van der Waals surface area contributed by atoms with E-state index in [1.165, 1.54) is 24.0 Å². The van der Waals surface area contributed by atoms with Gasteiger partial charge in [-0.1, -0.05) is 18.2 Å². The van der Waals surface area contributed by atoms with Crippen LogP contribution in [-0.4, -0.2) is 24.1 Å². The number of hydrogen-bond donors (Lipinski definition) is 2. The number of carbonyl (C=O) groups excluding carboxylic acids is 1. The van der Waals surface area contributed by atoms with Crippen molar-refractivity contribution in [1.82, 2.24) is 10.2 Å². The third-order valence-electron chi connectivity index (χ3n) is 3.50. The zero-order valence-corrected chi connectivity index (χ0v) is 15.4. The Morgan fingerprint density at radius 2 is 2.07 bits per heavy atom. The van der Waals surface area contributed by atoms with E-state index in [2.05, 4.69) is 17.8 Å². The van der Waals surface area contributed by atoms with Gasteiger partial charge >= 0.3 is 6.09 Å². The van der Waals surface area contributed by atoms with Crippen LogP contribution in [0.15, 0.2) is 59.8 Å².